The molecule has 31 heteroatoms. The Bertz CT molecular complexity index is 4130. The third-order valence-corrected chi connectivity index (χ3v) is 17.1. The Kier molecular flexibility index (Phi) is 19.3. The van der Waals surface area contributed by atoms with E-state index in [0.717, 1.165) is 16.9 Å². The van der Waals surface area contributed by atoms with Crippen molar-refractivity contribution in [3.63, 3.8) is 0 Å². The van der Waals surface area contributed by atoms with Gasteiger partial charge in [0.2, 0.25) is 0 Å². The summed E-state index contributed by atoms with van der Waals surface area (Å²) < 4.78 is 325. The molecule has 0 radical (unpaired) electrons. The van der Waals surface area contributed by atoms with E-state index in [1.807, 2.05) is 0 Å². The molecule has 0 aliphatic rings. The molecule has 0 aliphatic carbocycles. The number of nitrogens with zero attached hydrogens (tertiary/aromatic N) is 9. The average Bonchev–Trinajstić information content (AvgIpc) is 0.962. The Morgan fingerprint density at radius 1 is 0.234 bits per heavy atom. The first kappa shape index (κ1) is 69.8. The van der Waals surface area contributed by atoms with Crippen LogP contribution < -0.4 is 38.7 Å². The number of hydrogen-bond donors (Lipinski definition) is 0. The zero-order chi connectivity index (χ0) is 69.7. The van der Waals surface area contributed by atoms with Crippen LogP contribution in [0.5, 0.6) is 0 Å². The van der Waals surface area contributed by atoms with Gasteiger partial charge in [-0.1, -0.05) is 36.4 Å². The van der Waals surface area contributed by atoms with Gasteiger partial charge < -0.3 is 27.4 Å². The van der Waals surface area contributed by atoms with Gasteiger partial charge in [-0.25, -0.2) is 87.8 Å². The van der Waals surface area contributed by atoms with Gasteiger partial charge in [0.05, 0.1) is 33.1 Å². The van der Waals surface area contributed by atoms with Gasteiger partial charge in [-0.2, -0.15) is 0 Å². The van der Waals surface area contributed by atoms with Crippen LogP contribution in [-0.4, -0.2) is 33.5 Å². The van der Waals surface area contributed by atoms with Crippen molar-refractivity contribution < 1.29 is 87.8 Å². The third-order valence-electron chi connectivity index (χ3n) is 15.9. The summed E-state index contributed by atoms with van der Waals surface area (Å²) in [6.07, 6.45) is -7.22. The van der Waals surface area contributed by atoms with Crippen LogP contribution in [0.4, 0.5) is 87.8 Å². The fraction of sp³-hybridized carbons (Fsp3) is 0.286. The summed E-state index contributed by atoms with van der Waals surface area (Å²) in [7, 11) is -2.22. The number of fused-ring (bicyclic) bond motifs is 3. The first-order valence-electron chi connectivity index (χ1n) is 28.9. The second kappa shape index (κ2) is 26.0. The van der Waals surface area contributed by atoms with Gasteiger partial charge in [-0.05, 0) is 134 Å². The Balaban J connectivity index is 0.000000222. The summed E-state index contributed by atoms with van der Waals surface area (Å²) in [6, 6.07) is 27.1. The molecule has 0 N–H and O–H groups in total. The zero-order valence-electron chi connectivity index (χ0n) is 51.6. The van der Waals surface area contributed by atoms with E-state index in [2.05, 4.69) is 183 Å². The lowest BCUT2D eigenvalue weighted by Gasteiger charge is -2.44. The maximum absolute atomic E-state index is 15.4. The molecular formula is C63H55BF20N9P. The summed E-state index contributed by atoms with van der Waals surface area (Å²) in [5.41, 5.74) is -4.54. The molecule has 3 heterocycles. The maximum atomic E-state index is 15.4. The number of halogens is 20. The molecule has 0 fully saturated rings. The summed E-state index contributed by atoms with van der Waals surface area (Å²) in [4.78, 5) is 0. The van der Waals surface area contributed by atoms with Gasteiger partial charge in [-0.15, -0.1) is 21.9 Å². The van der Waals surface area contributed by atoms with Gasteiger partial charge in [0.25, 0.3) is 16.9 Å². The molecule has 0 spiro atoms. The summed E-state index contributed by atoms with van der Waals surface area (Å²) in [5, 5.41) is 0. The number of para-hydroxylation sites is 6. The molecule has 500 valence electrons. The smallest absolute Gasteiger partial charge is 0.305 e. The molecular weight excluding hydrogens is 1300 g/mol. The fourth-order valence-electron chi connectivity index (χ4n) is 12.2. The second-order valence-corrected chi connectivity index (χ2v) is 24.9. The van der Waals surface area contributed by atoms with Gasteiger partial charge in [-0.3, -0.25) is 0 Å². The average molecular weight is 1360 g/mol. The summed E-state index contributed by atoms with van der Waals surface area (Å²) >= 11 is 0. The quantitative estimate of drug-likeness (QED) is 0.0363. The molecule has 3 aromatic heterocycles. The zero-order valence-corrected chi connectivity index (χ0v) is 52.6. The SMILES string of the molecule is CC(C)n1c(=N[PH+](N=c2n(C(C)C)c3ccccc3n2C(C)C)N=c2n(C(C)C)c3ccccc3n2C(C)C)n(C(C)C)c2ccccc21.Fc1c(F)c(F)c([B-](c2c(F)c(F)c(F)c(F)c2F)(c2c(F)c(F)c(F)c(F)c2F)c2c(F)c(F)c(F)c(F)c2F)c(F)c1F. The number of imidazole rings is 3. The first-order chi connectivity index (χ1) is 44.0. The van der Waals surface area contributed by atoms with Crippen molar-refractivity contribution in [1.82, 2.24) is 27.4 Å². The Morgan fingerprint density at radius 3 is 0.489 bits per heavy atom. The van der Waals surface area contributed by atoms with E-state index in [1.54, 1.807) is 0 Å². The molecule has 0 saturated heterocycles. The highest BCUT2D eigenvalue weighted by Crippen LogP contribution is 2.41. The lowest BCUT2D eigenvalue weighted by Crippen LogP contribution is -2.81. The third kappa shape index (κ3) is 10.9. The second-order valence-electron chi connectivity index (χ2n) is 23.6. The van der Waals surface area contributed by atoms with Crippen LogP contribution >= 0.6 is 8.37 Å². The van der Waals surface area contributed by atoms with E-state index >= 15 is 35.1 Å². The van der Waals surface area contributed by atoms with Crippen molar-refractivity contribution >= 4 is 69.5 Å². The van der Waals surface area contributed by atoms with Crippen LogP contribution in [0.15, 0.2) is 87.1 Å². The highest BCUT2D eigenvalue weighted by atomic mass is 31.1. The van der Waals surface area contributed by atoms with E-state index in [9.17, 15) is 52.7 Å². The molecule has 10 rings (SSSR count). The molecule has 10 aromatic rings. The lowest BCUT2D eigenvalue weighted by molar-refractivity contribution is 0.378. The predicted molar refractivity (Wildman–Crippen MR) is 316 cm³/mol. The predicted octanol–water partition coefficient (Wildman–Crippen LogP) is 15.3. The number of rotatable bonds is 13. The fourth-order valence-corrected chi connectivity index (χ4v) is 13.5. The Morgan fingerprint density at radius 2 is 0.362 bits per heavy atom. The van der Waals surface area contributed by atoms with Crippen molar-refractivity contribution in [2.24, 2.45) is 14.3 Å². The number of aromatic nitrogens is 6. The molecule has 0 unspecified atom stereocenters. The summed E-state index contributed by atoms with van der Waals surface area (Å²) in [6.45, 7) is 26.9. The molecule has 7 aromatic carbocycles. The standard InChI is InChI=1S/C39H54N9P.C24BF20/c1-25(2)43-31-19-13-14-20-32(31)44(26(3)4)37(43)40-49(41-38-45(27(5)6)33-21-15-16-22-34(33)46(38)28(7)8)42-39-47(29(9)10)35-23-17-18-24-36(35)48(39)30(11)12;26-5-1(6(27)14(35)21(42)13(5)34)25(2-7(28)15(36)22(43)16(37)8(2)29,3-9(30)17(38)23(44)18(39)10(3)31)4-11(32)19(40)24(45)20(41)12(4)33/h13-30H,1-12H3;/q;-1/p+1. The van der Waals surface area contributed by atoms with Crippen LogP contribution in [0.1, 0.15) is 119 Å². The molecule has 94 heavy (non-hydrogen) atoms. The molecule has 0 saturated carbocycles. The van der Waals surface area contributed by atoms with E-state index < -0.39 is 153 Å². The molecule has 0 aliphatic heterocycles. The van der Waals surface area contributed by atoms with Gasteiger partial charge in [0.15, 0.2) is 69.8 Å². The molecule has 0 atom stereocenters. The van der Waals surface area contributed by atoms with Crippen LogP contribution in [0.3, 0.4) is 0 Å². The maximum Gasteiger partial charge on any atom is 0.365 e. The minimum Gasteiger partial charge on any atom is -0.305 e. The highest BCUT2D eigenvalue weighted by molar-refractivity contribution is 7.52. The normalized spacial score (nSPS) is 12.3. The van der Waals surface area contributed by atoms with Crippen molar-refractivity contribution in [3.05, 3.63) is 206 Å². The Labute approximate surface area is 522 Å². The number of benzene rings is 7. The minimum absolute atomic E-state index is 0.192. The topological polar surface area (TPSA) is 66.7 Å². The van der Waals surface area contributed by atoms with Crippen LogP contribution in [-0.2, 0) is 0 Å². The molecule has 0 bridgehead atoms. The van der Waals surface area contributed by atoms with Gasteiger partial charge in [0.1, 0.15) is 52.7 Å². The van der Waals surface area contributed by atoms with Crippen molar-refractivity contribution in [3.8, 4) is 0 Å². The van der Waals surface area contributed by atoms with E-state index in [4.69, 9.17) is 14.3 Å². The van der Waals surface area contributed by atoms with Crippen molar-refractivity contribution in [1.29, 1.82) is 0 Å². The number of hydrogen-bond acceptors (Lipinski definition) is 3. The van der Waals surface area contributed by atoms with Crippen LogP contribution in [0.2, 0.25) is 0 Å². The first-order valence-corrected chi connectivity index (χ1v) is 30.3. The van der Waals surface area contributed by atoms with E-state index in [-0.39, 0.29) is 36.3 Å². The highest BCUT2D eigenvalue weighted by Gasteiger charge is 2.52. The van der Waals surface area contributed by atoms with Crippen molar-refractivity contribution in [2.75, 3.05) is 0 Å². The van der Waals surface area contributed by atoms with Gasteiger partial charge >= 0.3 is 8.37 Å². The minimum atomic E-state index is -7.22. The van der Waals surface area contributed by atoms with Crippen LogP contribution in [0, 0.1) is 116 Å². The largest absolute Gasteiger partial charge is 0.365 e. The lowest BCUT2D eigenvalue weighted by atomic mass is 9.12. The Hall–Kier alpha value is -8.56. The van der Waals surface area contributed by atoms with E-state index in [1.165, 1.54) is 33.1 Å². The van der Waals surface area contributed by atoms with Crippen LogP contribution in [0.25, 0.3) is 33.1 Å². The van der Waals surface area contributed by atoms with Crippen molar-refractivity contribution in [2.45, 2.75) is 119 Å². The molecule has 0 amide bonds. The van der Waals surface area contributed by atoms with Gasteiger partial charge in [0, 0.05) is 36.3 Å². The van der Waals surface area contributed by atoms with E-state index in [0.29, 0.717) is 0 Å². The molecule has 9 nitrogen and oxygen atoms in total. The monoisotopic (exact) mass is 1360 g/mol. The summed E-state index contributed by atoms with van der Waals surface area (Å²) in [5.74, 6) is -71.4.